The van der Waals surface area contributed by atoms with Gasteiger partial charge >= 0.3 is 5.97 Å². The van der Waals surface area contributed by atoms with E-state index in [1.165, 1.54) is 0 Å². The number of nitrogens with zero attached hydrogens (tertiary/aromatic N) is 1. The van der Waals surface area contributed by atoms with Crippen LogP contribution in [0.3, 0.4) is 0 Å². The maximum Gasteiger partial charge on any atom is 0.329 e. The van der Waals surface area contributed by atoms with E-state index in [9.17, 15) is 9.59 Å². The number of hydrogen-bond acceptors (Lipinski definition) is 5. The number of carbonyl (C=O) groups excluding carboxylic acids is 2. The van der Waals surface area contributed by atoms with Gasteiger partial charge in [-0.1, -0.05) is 73.1 Å². The number of amides is 1. The van der Waals surface area contributed by atoms with Crippen molar-refractivity contribution in [2.24, 2.45) is 5.92 Å². The van der Waals surface area contributed by atoms with E-state index in [2.05, 4.69) is 10.5 Å². The van der Waals surface area contributed by atoms with Crippen LogP contribution >= 0.6 is 11.6 Å². The highest BCUT2D eigenvalue weighted by atomic mass is 35.5. The van der Waals surface area contributed by atoms with Crippen LogP contribution in [0.1, 0.15) is 29.9 Å². The molecule has 1 amide bonds. The highest BCUT2D eigenvalue weighted by molar-refractivity contribution is 6.33. The van der Waals surface area contributed by atoms with Crippen molar-refractivity contribution in [1.82, 2.24) is 10.5 Å². The third-order valence-corrected chi connectivity index (χ3v) is 4.63. The lowest BCUT2D eigenvalue weighted by atomic mass is 10.0. The molecule has 0 spiro atoms. The molecule has 1 atom stereocenters. The number of carbonyl (C=O) groups is 2. The van der Waals surface area contributed by atoms with Crippen LogP contribution in [-0.4, -0.2) is 23.1 Å². The van der Waals surface area contributed by atoms with Gasteiger partial charge < -0.3 is 14.6 Å². The third kappa shape index (κ3) is 5.23. The van der Waals surface area contributed by atoms with Gasteiger partial charge in [-0.2, -0.15) is 0 Å². The molecule has 29 heavy (non-hydrogen) atoms. The number of halogens is 1. The van der Waals surface area contributed by atoms with Crippen LogP contribution in [0.15, 0.2) is 65.2 Å². The summed E-state index contributed by atoms with van der Waals surface area (Å²) in [5.41, 5.74) is 1.67. The van der Waals surface area contributed by atoms with E-state index in [-0.39, 0.29) is 12.5 Å². The molecular weight excluding hydrogens is 392 g/mol. The molecule has 0 aliphatic heterocycles. The van der Waals surface area contributed by atoms with Gasteiger partial charge in [0, 0.05) is 11.6 Å². The lowest BCUT2D eigenvalue weighted by molar-refractivity contribution is -0.148. The summed E-state index contributed by atoms with van der Waals surface area (Å²) in [6.45, 7) is 3.59. The summed E-state index contributed by atoms with van der Waals surface area (Å²) in [5.74, 6) is -0.570. The normalized spacial score (nSPS) is 11.9. The summed E-state index contributed by atoms with van der Waals surface area (Å²) in [4.78, 5) is 25.0. The fourth-order valence-electron chi connectivity index (χ4n) is 2.72. The number of benzene rings is 2. The molecule has 1 aromatic heterocycles. The largest absolute Gasteiger partial charge is 0.458 e. The van der Waals surface area contributed by atoms with Gasteiger partial charge in [0.15, 0.2) is 5.76 Å². The molecular formula is C22H21ClN2O4. The second-order valence-corrected chi connectivity index (χ2v) is 7.24. The fraction of sp³-hybridized carbons (Fsp3) is 0.227. The van der Waals surface area contributed by atoms with Crippen molar-refractivity contribution in [3.05, 3.63) is 76.9 Å². The highest BCUT2D eigenvalue weighted by Crippen LogP contribution is 2.20. The third-order valence-electron chi connectivity index (χ3n) is 4.31. The Kier molecular flexibility index (Phi) is 6.67. The van der Waals surface area contributed by atoms with Gasteiger partial charge in [0.1, 0.15) is 18.3 Å². The van der Waals surface area contributed by atoms with E-state index in [0.29, 0.717) is 22.0 Å². The predicted molar refractivity (Wildman–Crippen MR) is 109 cm³/mol. The van der Waals surface area contributed by atoms with Crippen molar-refractivity contribution in [2.75, 3.05) is 0 Å². The molecule has 2 aromatic carbocycles. The van der Waals surface area contributed by atoms with E-state index >= 15 is 0 Å². The molecule has 0 saturated carbocycles. The zero-order valence-corrected chi connectivity index (χ0v) is 16.8. The molecule has 0 radical (unpaired) electrons. The Morgan fingerprint density at radius 3 is 2.48 bits per heavy atom. The average molecular weight is 413 g/mol. The van der Waals surface area contributed by atoms with E-state index in [0.717, 1.165) is 5.56 Å². The first-order chi connectivity index (χ1) is 14.0. The molecule has 0 aliphatic carbocycles. The van der Waals surface area contributed by atoms with Crippen molar-refractivity contribution in [3.63, 3.8) is 0 Å². The van der Waals surface area contributed by atoms with Gasteiger partial charge in [-0.3, -0.25) is 4.79 Å². The molecule has 150 valence electrons. The van der Waals surface area contributed by atoms with Crippen molar-refractivity contribution >= 4 is 23.5 Å². The Hall–Kier alpha value is -3.12. The van der Waals surface area contributed by atoms with Gasteiger partial charge in [-0.15, -0.1) is 0 Å². The second-order valence-electron chi connectivity index (χ2n) is 6.83. The number of hydrogen-bond donors (Lipinski definition) is 1. The van der Waals surface area contributed by atoms with E-state index in [4.69, 9.17) is 20.9 Å². The van der Waals surface area contributed by atoms with Crippen molar-refractivity contribution in [3.8, 4) is 11.3 Å². The monoisotopic (exact) mass is 412 g/mol. The second kappa shape index (κ2) is 9.39. The van der Waals surface area contributed by atoms with Crippen LogP contribution in [0.2, 0.25) is 5.02 Å². The summed E-state index contributed by atoms with van der Waals surface area (Å²) >= 11 is 6.06. The molecule has 0 unspecified atom stereocenters. The Morgan fingerprint density at radius 2 is 1.79 bits per heavy atom. The lowest BCUT2D eigenvalue weighted by Crippen LogP contribution is -2.45. The van der Waals surface area contributed by atoms with Gasteiger partial charge in [0.25, 0.3) is 5.91 Å². The van der Waals surface area contributed by atoms with Gasteiger partial charge in [-0.05, 0) is 18.1 Å². The number of ether oxygens (including phenoxy) is 1. The first kappa shape index (κ1) is 20.6. The van der Waals surface area contributed by atoms with Gasteiger partial charge in [-0.25, -0.2) is 4.79 Å². The zero-order chi connectivity index (χ0) is 20.8. The first-order valence-electron chi connectivity index (χ1n) is 9.18. The number of nitrogens with one attached hydrogen (secondary N) is 1. The standard InChI is InChI=1S/C22H21ClN2O4/c1-14(2)20(24-21(26)17-10-6-7-11-18(17)23)22(27)28-13-16-12-19(29-25-16)15-8-4-3-5-9-15/h3-12,14,20H,13H2,1-2H3,(H,24,26)/t20-/m0/s1. The molecule has 0 fully saturated rings. The Labute approximate surface area is 173 Å². The average Bonchev–Trinajstić information content (AvgIpc) is 3.20. The van der Waals surface area contributed by atoms with Crippen LogP contribution < -0.4 is 5.32 Å². The summed E-state index contributed by atoms with van der Waals surface area (Å²) in [7, 11) is 0. The SMILES string of the molecule is CC(C)[C@H](NC(=O)c1ccccc1Cl)C(=O)OCc1cc(-c2ccccc2)on1. The summed E-state index contributed by atoms with van der Waals surface area (Å²) in [5, 5.41) is 6.95. The lowest BCUT2D eigenvalue weighted by Gasteiger charge is -2.20. The molecule has 3 rings (SSSR count). The number of esters is 1. The topological polar surface area (TPSA) is 81.4 Å². The Balaban J connectivity index is 1.62. The number of aromatic nitrogens is 1. The van der Waals surface area contributed by atoms with Crippen LogP contribution in [-0.2, 0) is 16.1 Å². The molecule has 1 N–H and O–H groups in total. The molecule has 1 heterocycles. The van der Waals surface area contributed by atoms with Crippen molar-refractivity contribution in [2.45, 2.75) is 26.5 Å². The van der Waals surface area contributed by atoms with Gasteiger partial charge in [0.05, 0.1) is 10.6 Å². The highest BCUT2D eigenvalue weighted by Gasteiger charge is 2.27. The predicted octanol–water partition coefficient (Wildman–Crippen LogP) is 4.49. The Bertz CT molecular complexity index is 985. The quantitative estimate of drug-likeness (QED) is 0.578. The fourth-order valence-corrected chi connectivity index (χ4v) is 2.94. The molecule has 7 heteroatoms. The zero-order valence-electron chi connectivity index (χ0n) is 16.1. The summed E-state index contributed by atoms with van der Waals surface area (Å²) in [6, 6.07) is 17.0. The first-order valence-corrected chi connectivity index (χ1v) is 9.56. The van der Waals surface area contributed by atoms with Crippen LogP contribution in [0.25, 0.3) is 11.3 Å². The molecule has 0 saturated heterocycles. The van der Waals surface area contributed by atoms with Crippen molar-refractivity contribution in [1.29, 1.82) is 0 Å². The minimum atomic E-state index is -0.820. The van der Waals surface area contributed by atoms with E-state index in [1.54, 1.807) is 30.3 Å². The Morgan fingerprint density at radius 1 is 1.10 bits per heavy atom. The van der Waals surface area contributed by atoms with Crippen LogP contribution in [0.5, 0.6) is 0 Å². The van der Waals surface area contributed by atoms with Crippen molar-refractivity contribution < 1.29 is 18.8 Å². The van der Waals surface area contributed by atoms with Crippen LogP contribution in [0.4, 0.5) is 0 Å². The summed E-state index contributed by atoms with van der Waals surface area (Å²) in [6.07, 6.45) is 0. The maximum absolute atomic E-state index is 12.6. The molecule has 6 nitrogen and oxygen atoms in total. The minimum absolute atomic E-state index is 0.0552. The van der Waals surface area contributed by atoms with E-state index < -0.39 is 17.9 Å². The van der Waals surface area contributed by atoms with E-state index in [1.807, 2.05) is 44.2 Å². The molecule has 0 aliphatic rings. The number of rotatable bonds is 7. The van der Waals surface area contributed by atoms with Gasteiger partial charge in [0.2, 0.25) is 0 Å². The maximum atomic E-state index is 12.6. The van der Waals surface area contributed by atoms with Crippen LogP contribution in [0, 0.1) is 5.92 Å². The smallest absolute Gasteiger partial charge is 0.329 e. The minimum Gasteiger partial charge on any atom is -0.458 e. The molecule has 0 bridgehead atoms. The molecule has 3 aromatic rings. The summed E-state index contributed by atoms with van der Waals surface area (Å²) < 4.78 is 10.7.